The second-order valence-corrected chi connectivity index (χ2v) is 6.34. The minimum Gasteiger partial charge on any atom is -0.463 e. The van der Waals surface area contributed by atoms with Crippen molar-refractivity contribution in [2.45, 2.75) is 59.5 Å². The summed E-state index contributed by atoms with van der Waals surface area (Å²) < 4.78 is 4.89. The molecule has 1 aliphatic carbocycles. The Labute approximate surface area is 110 Å². The lowest BCUT2D eigenvalue weighted by atomic mass is 9.71. The Bertz CT molecular complexity index is 320. The van der Waals surface area contributed by atoms with Crippen LogP contribution < -0.4 is 0 Å². The molecule has 18 heavy (non-hydrogen) atoms. The molecule has 1 aliphatic rings. The van der Waals surface area contributed by atoms with Crippen LogP contribution in [0.2, 0.25) is 0 Å². The number of aliphatic hydroxyl groups excluding tert-OH is 1. The van der Waals surface area contributed by atoms with E-state index in [0.29, 0.717) is 6.61 Å². The first-order chi connectivity index (χ1) is 8.29. The van der Waals surface area contributed by atoms with Crippen LogP contribution in [-0.4, -0.2) is 23.8 Å². The fourth-order valence-electron chi connectivity index (χ4n) is 2.96. The minimum atomic E-state index is -0.384. The zero-order chi connectivity index (χ0) is 13.8. The Morgan fingerprint density at radius 2 is 2.11 bits per heavy atom. The van der Waals surface area contributed by atoms with Crippen LogP contribution in [0.15, 0.2) is 12.2 Å². The molecule has 0 aromatic heterocycles. The average molecular weight is 254 g/mol. The third-order valence-corrected chi connectivity index (χ3v) is 3.84. The SMILES string of the molecule is CCOC(=O)/C=C/C1(C)CC(C)(C)CCCC1O. The molecule has 0 heterocycles. The molecule has 1 fully saturated rings. The van der Waals surface area contributed by atoms with Crippen molar-refractivity contribution in [1.29, 1.82) is 0 Å². The summed E-state index contributed by atoms with van der Waals surface area (Å²) in [4.78, 5) is 11.4. The van der Waals surface area contributed by atoms with Gasteiger partial charge in [-0.1, -0.05) is 33.3 Å². The van der Waals surface area contributed by atoms with Gasteiger partial charge in [-0.2, -0.15) is 0 Å². The molecule has 1 saturated carbocycles. The van der Waals surface area contributed by atoms with E-state index in [-0.39, 0.29) is 22.9 Å². The summed E-state index contributed by atoms with van der Waals surface area (Å²) in [5.41, 5.74) is -0.141. The second-order valence-electron chi connectivity index (χ2n) is 6.34. The van der Waals surface area contributed by atoms with Crippen molar-refractivity contribution >= 4 is 5.97 Å². The number of hydrogen-bond donors (Lipinski definition) is 1. The second kappa shape index (κ2) is 5.87. The molecular formula is C15H26O3. The van der Waals surface area contributed by atoms with Crippen LogP contribution in [0.4, 0.5) is 0 Å². The lowest BCUT2D eigenvalue weighted by Crippen LogP contribution is -2.32. The number of hydrogen-bond acceptors (Lipinski definition) is 3. The van der Waals surface area contributed by atoms with Crippen LogP contribution in [0.1, 0.15) is 53.4 Å². The molecule has 0 saturated heterocycles. The Morgan fingerprint density at radius 1 is 1.44 bits per heavy atom. The number of carbonyl (C=O) groups is 1. The summed E-state index contributed by atoms with van der Waals surface area (Å²) >= 11 is 0. The molecule has 0 aliphatic heterocycles. The molecule has 0 amide bonds. The van der Waals surface area contributed by atoms with Gasteiger partial charge in [-0.25, -0.2) is 4.79 Å². The van der Waals surface area contributed by atoms with Crippen molar-refractivity contribution in [2.24, 2.45) is 10.8 Å². The van der Waals surface area contributed by atoms with E-state index >= 15 is 0 Å². The number of carbonyl (C=O) groups excluding carboxylic acids is 1. The third-order valence-electron chi connectivity index (χ3n) is 3.84. The van der Waals surface area contributed by atoms with E-state index in [4.69, 9.17) is 4.74 Å². The van der Waals surface area contributed by atoms with Crippen molar-refractivity contribution in [3.05, 3.63) is 12.2 Å². The van der Waals surface area contributed by atoms with Crippen molar-refractivity contribution in [2.75, 3.05) is 6.61 Å². The Kier molecular flexibility index (Phi) is 4.97. The number of rotatable bonds is 3. The van der Waals surface area contributed by atoms with Crippen LogP contribution in [0.3, 0.4) is 0 Å². The van der Waals surface area contributed by atoms with Gasteiger partial charge in [0.15, 0.2) is 0 Å². The lowest BCUT2D eigenvalue weighted by Gasteiger charge is -2.35. The van der Waals surface area contributed by atoms with Gasteiger partial charge in [0.2, 0.25) is 0 Å². The maximum Gasteiger partial charge on any atom is 0.330 e. The van der Waals surface area contributed by atoms with Crippen molar-refractivity contribution in [1.82, 2.24) is 0 Å². The van der Waals surface area contributed by atoms with Crippen LogP contribution in [0, 0.1) is 10.8 Å². The van der Waals surface area contributed by atoms with Gasteiger partial charge < -0.3 is 9.84 Å². The van der Waals surface area contributed by atoms with E-state index in [9.17, 15) is 9.90 Å². The fourth-order valence-corrected chi connectivity index (χ4v) is 2.96. The summed E-state index contributed by atoms with van der Waals surface area (Å²) in [5, 5.41) is 10.3. The monoisotopic (exact) mass is 254 g/mol. The highest BCUT2D eigenvalue weighted by atomic mass is 16.5. The smallest absolute Gasteiger partial charge is 0.330 e. The first kappa shape index (κ1) is 15.2. The predicted octanol–water partition coefficient (Wildman–Crippen LogP) is 3.07. The molecule has 0 aromatic carbocycles. The maximum atomic E-state index is 11.4. The van der Waals surface area contributed by atoms with E-state index in [1.165, 1.54) is 6.08 Å². The molecule has 1 rings (SSSR count). The first-order valence-electron chi connectivity index (χ1n) is 6.83. The number of ether oxygens (including phenoxy) is 1. The molecular weight excluding hydrogens is 228 g/mol. The predicted molar refractivity (Wildman–Crippen MR) is 72.1 cm³/mol. The van der Waals surface area contributed by atoms with Crippen LogP contribution in [0.5, 0.6) is 0 Å². The Balaban J connectivity index is 2.82. The molecule has 0 aromatic rings. The number of esters is 1. The summed E-state index contributed by atoms with van der Waals surface area (Å²) in [6.45, 7) is 8.65. The highest BCUT2D eigenvalue weighted by Gasteiger charge is 2.38. The molecule has 0 bridgehead atoms. The van der Waals surface area contributed by atoms with Crippen LogP contribution >= 0.6 is 0 Å². The van der Waals surface area contributed by atoms with Gasteiger partial charge in [-0.15, -0.1) is 0 Å². The van der Waals surface area contributed by atoms with Crippen molar-refractivity contribution < 1.29 is 14.6 Å². The maximum absolute atomic E-state index is 11.4. The van der Waals surface area contributed by atoms with Crippen molar-refractivity contribution in [3.8, 4) is 0 Å². The molecule has 1 N–H and O–H groups in total. The van der Waals surface area contributed by atoms with E-state index in [2.05, 4.69) is 13.8 Å². The summed E-state index contributed by atoms with van der Waals surface area (Å²) in [6.07, 6.45) is 6.76. The summed E-state index contributed by atoms with van der Waals surface area (Å²) in [6, 6.07) is 0. The topological polar surface area (TPSA) is 46.5 Å². The highest BCUT2D eigenvalue weighted by molar-refractivity contribution is 5.82. The molecule has 0 spiro atoms. The largest absolute Gasteiger partial charge is 0.463 e. The van der Waals surface area contributed by atoms with E-state index < -0.39 is 0 Å². The fraction of sp³-hybridized carbons (Fsp3) is 0.800. The van der Waals surface area contributed by atoms with Gasteiger partial charge >= 0.3 is 5.97 Å². The van der Waals surface area contributed by atoms with Gasteiger partial charge in [-0.3, -0.25) is 0 Å². The standard InChI is InChI=1S/C15H26O3/c1-5-18-13(17)8-10-15(4)11-14(2,3)9-6-7-12(15)16/h8,10,12,16H,5-7,9,11H2,1-4H3/b10-8+. The lowest BCUT2D eigenvalue weighted by molar-refractivity contribution is -0.137. The highest BCUT2D eigenvalue weighted by Crippen LogP contribution is 2.45. The van der Waals surface area contributed by atoms with Crippen LogP contribution in [-0.2, 0) is 9.53 Å². The summed E-state index contributed by atoms with van der Waals surface area (Å²) in [7, 11) is 0. The Hall–Kier alpha value is -0.830. The average Bonchev–Trinajstić information content (AvgIpc) is 2.34. The van der Waals surface area contributed by atoms with Crippen molar-refractivity contribution in [3.63, 3.8) is 0 Å². The number of aliphatic hydroxyl groups is 1. The normalized spacial score (nSPS) is 32.2. The Morgan fingerprint density at radius 3 is 2.72 bits per heavy atom. The first-order valence-corrected chi connectivity index (χ1v) is 6.83. The van der Waals surface area contributed by atoms with Gasteiger partial charge in [-0.05, 0) is 31.6 Å². The molecule has 0 radical (unpaired) electrons. The zero-order valence-corrected chi connectivity index (χ0v) is 12.0. The van der Waals surface area contributed by atoms with Gasteiger partial charge in [0.05, 0.1) is 12.7 Å². The summed E-state index contributed by atoms with van der Waals surface area (Å²) in [5.74, 6) is -0.326. The van der Waals surface area contributed by atoms with E-state index in [0.717, 1.165) is 25.7 Å². The van der Waals surface area contributed by atoms with Crippen LogP contribution in [0.25, 0.3) is 0 Å². The molecule has 3 nitrogen and oxygen atoms in total. The van der Waals surface area contributed by atoms with Gasteiger partial charge in [0.25, 0.3) is 0 Å². The molecule has 2 atom stereocenters. The minimum absolute atomic E-state index is 0.200. The molecule has 104 valence electrons. The molecule has 2 unspecified atom stereocenters. The van der Waals surface area contributed by atoms with Gasteiger partial charge in [0.1, 0.15) is 0 Å². The molecule has 3 heteroatoms. The zero-order valence-electron chi connectivity index (χ0n) is 12.0. The van der Waals surface area contributed by atoms with E-state index in [1.54, 1.807) is 6.92 Å². The quantitative estimate of drug-likeness (QED) is 0.478. The van der Waals surface area contributed by atoms with Gasteiger partial charge in [0, 0.05) is 11.5 Å². The third kappa shape index (κ3) is 4.13. The van der Waals surface area contributed by atoms with E-state index in [1.807, 2.05) is 13.0 Å².